The molecule has 2 aromatic rings. The minimum absolute atomic E-state index is 0.210. The van der Waals surface area contributed by atoms with E-state index >= 15 is 0 Å². The van der Waals surface area contributed by atoms with Crippen LogP contribution in [0.2, 0.25) is 5.02 Å². The topological polar surface area (TPSA) is 120 Å². The van der Waals surface area contributed by atoms with Crippen molar-refractivity contribution in [2.75, 3.05) is 5.43 Å². The maximum atomic E-state index is 8.76. The quantitative estimate of drug-likeness (QED) is 0.427. The molecule has 116 valence electrons. The number of benzene rings is 1. The first-order valence-electron chi connectivity index (χ1n) is 6.49. The van der Waals surface area contributed by atoms with Crippen LogP contribution in [0.3, 0.4) is 0 Å². The Kier molecular flexibility index (Phi) is 5.50. The summed E-state index contributed by atoms with van der Waals surface area (Å²) < 4.78 is 5.62. The molecule has 0 saturated heterocycles. The Morgan fingerprint density at radius 1 is 1.48 bits per heavy atom. The average molecular weight is 329 g/mol. The van der Waals surface area contributed by atoms with Crippen molar-refractivity contribution in [2.24, 2.45) is 10.8 Å². The van der Waals surface area contributed by atoms with Gasteiger partial charge in [-0.05, 0) is 24.3 Å². The van der Waals surface area contributed by atoms with Crippen LogP contribution in [0.25, 0.3) is 0 Å². The number of rotatable bonds is 6. The first-order chi connectivity index (χ1) is 11.1. The normalized spacial score (nSPS) is 10.7. The lowest BCUT2D eigenvalue weighted by molar-refractivity contribution is 0.306. The summed E-state index contributed by atoms with van der Waals surface area (Å²) in [4.78, 5) is 4.01. The van der Waals surface area contributed by atoms with Crippen molar-refractivity contribution >= 4 is 28.8 Å². The van der Waals surface area contributed by atoms with Gasteiger partial charge in [-0.2, -0.15) is 10.4 Å². The van der Waals surface area contributed by atoms with Crippen molar-refractivity contribution in [2.45, 2.75) is 6.61 Å². The summed E-state index contributed by atoms with van der Waals surface area (Å²) in [5.74, 6) is 0.0969. The van der Waals surface area contributed by atoms with Gasteiger partial charge in [0.15, 0.2) is 5.84 Å². The Hall–Kier alpha value is -3.11. The van der Waals surface area contributed by atoms with Gasteiger partial charge < -0.3 is 10.5 Å². The fourth-order valence-corrected chi connectivity index (χ4v) is 1.83. The third kappa shape index (κ3) is 4.69. The Morgan fingerprint density at radius 3 is 2.91 bits per heavy atom. The fraction of sp³-hybridized carbons (Fsp3) is 0.0667. The van der Waals surface area contributed by atoms with E-state index in [-0.39, 0.29) is 5.71 Å². The Morgan fingerprint density at radius 2 is 2.30 bits per heavy atom. The number of nitrogens with two attached hydrogens (primary N) is 1. The van der Waals surface area contributed by atoms with Crippen molar-refractivity contribution in [3.8, 4) is 11.8 Å². The standard InChI is InChI=1S/C15H13ClN6O/c16-12-6-11(21-22-13(7-17)15(18)19)3-4-14(12)23-9-10-2-1-5-20-8-10/h1-6,8,21H,9H2,(H3,18,19)/b22-13+. The maximum Gasteiger partial charge on any atom is 0.201 e. The molecule has 0 fully saturated rings. The third-order valence-corrected chi connectivity index (χ3v) is 3.00. The number of aromatic nitrogens is 1. The second kappa shape index (κ2) is 7.77. The molecule has 0 spiro atoms. The van der Waals surface area contributed by atoms with E-state index in [9.17, 15) is 0 Å². The Bertz CT molecular complexity index is 769. The summed E-state index contributed by atoms with van der Waals surface area (Å²) in [6.45, 7) is 0.349. The number of hydrogen-bond donors (Lipinski definition) is 3. The number of hydrogen-bond acceptors (Lipinski definition) is 6. The summed E-state index contributed by atoms with van der Waals surface area (Å²) in [5, 5.41) is 20.0. The minimum Gasteiger partial charge on any atom is -0.487 e. The van der Waals surface area contributed by atoms with Crippen LogP contribution in [-0.2, 0) is 6.61 Å². The molecule has 0 atom stereocenters. The lowest BCUT2D eigenvalue weighted by atomic mass is 10.3. The molecule has 4 N–H and O–H groups in total. The zero-order valence-corrected chi connectivity index (χ0v) is 12.7. The SMILES string of the molecule is N#C/C(=N\Nc1ccc(OCc2cccnc2)c(Cl)c1)C(=N)N. The number of pyridine rings is 1. The van der Waals surface area contributed by atoms with E-state index in [4.69, 9.17) is 32.7 Å². The predicted octanol–water partition coefficient (Wildman–Crippen LogP) is 2.54. The van der Waals surface area contributed by atoms with Crippen LogP contribution in [-0.4, -0.2) is 16.5 Å². The molecule has 1 heterocycles. The fourth-order valence-electron chi connectivity index (χ4n) is 1.60. The van der Waals surface area contributed by atoms with E-state index in [1.807, 2.05) is 12.1 Å². The summed E-state index contributed by atoms with van der Waals surface area (Å²) in [5.41, 5.74) is 9.07. The third-order valence-electron chi connectivity index (χ3n) is 2.71. The molecule has 1 aromatic heterocycles. The highest BCUT2D eigenvalue weighted by Gasteiger charge is 2.05. The number of nitrogens with one attached hydrogen (secondary N) is 2. The minimum atomic E-state index is -0.414. The van der Waals surface area contributed by atoms with E-state index in [0.29, 0.717) is 23.1 Å². The van der Waals surface area contributed by atoms with Gasteiger partial charge in [0, 0.05) is 18.0 Å². The van der Waals surface area contributed by atoms with E-state index in [1.54, 1.807) is 36.7 Å². The molecule has 8 heteroatoms. The second-order valence-electron chi connectivity index (χ2n) is 4.39. The van der Waals surface area contributed by atoms with Gasteiger partial charge in [-0.1, -0.05) is 17.7 Å². The van der Waals surface area contributed by atoms with Gasteiger partial charge in [0.05, 0.1) is 10.7 Å². The van der Waals surface area contributed by atoms with Crippen molar-refractivity contribution in [3.05, 3.63) is 53.3 Å². The van der Waals surface area contributed by atoms with Gasteiger partial charge in [0.1, 0.15) is 18.4 Å². The molecule has 0 aliphatic carbocycles. The first-order valence-corrected chi connectivity index (χ1v) is 6.87. The molecule has 0 radical (unpaired) electrons. The van der Waals surface area contributed by atoms with Crippen LogP contribution in [0.5, 0.6) is 5.75 Å². The average Bonchev–Trinajstić information content (AvgIpc) is 2.55. The van der Waals surface area contributed by atoms with Crippen LogP contribution in [0.4, 0.5) is 5.69 Å². The number of amidine groups is 1. The molecule has 0 unspecified atom stereocenters. The lowest BCUT2D eigenvalue weighted by Gasteiger charge is -2.09. The van der Waals surface area contributed by atoms with E-state index in [2.05, 4.69) is 15.5 Å². The summed E-state index contributed by atoms with van der Waals surface area (Å²) >= 11 is 6.15. The van der Waals surface area contributed by atoms with Crippen LogP contribution in [0.1, 0.15) is 5.56 Å². The van der Waals surface area contributed by atoms with Crippen LogP contribution in [0, 0.1) is 16.7 Å². The highest BCUT2D eigenvalue weighted by molar-refractivity contribution is 6.45. The van der Waals surface area contributed by atoms with Crippen LogP contribution < -0.4 is 15.9 Å². The van der Waals surface area contributed by atoms with Crippen molar-refractivity contribution in [1.82, 2.24) is 4.98 Å². The van der Waals surface area contributed by atoms with Gasteiger partial charge >= 0.3 is 0 Å². The number of anilines is 1. The summed E-state index contributed by atoms with van der Waals surface area (Å²) in [6, 6.07) is 10.4. The molecule has 23 heavy (non-hydrogen) atoms. The van der Waals surface area contributed by atoms with Crippen molar-refractivity contribution in [1.29, 1.82) is 10.7 Å². The van der Waals surface area contributed by atoms with E-state index in [1.165, 1.54) is 0 Å². The van der Waals surface area contributed by atoms with Gasteiger partial charge in [-0.25, -0.2) is 0 Å². The smallest absolute Gasteiger partial charge is 0.201 e. The van der Waals surface area contributed by atoms with Gasteiger partial charge in [0.2, 0.25) is 5.71 Å². The molecular weight excluding hydrogens is 316 g/mol. The van der Waals surface area contributed by atoms with Gasteiger partial charge in [0.25, 0.3) is 0 Å². The Balaban J connectivity index is 2.03. The monoisotopic (exact) mass is 328 g/mol. The molecule has 1 aromatic carbocycles. The van der Waals surface area contributed by atoms with Gasteiger partial charge in [-0.15, -0.1) is 0 Å². The molecule has 2 rings (SSSR count). The molecular formula is C15H13ClN6O. The molecule has 0 aliphatic rings. The van der Waals surface area contributed by atoms with Crippen LogP contribution in [0.15, 0.2) is 47.8 Å². The Labute approximate surface area is 137 Å². The number of halogens is 1. The number of nitriles is 1. The largest absolute Gasteiger partial charge is 0.487 e. The number of ether oxygens (including phenoxy) is 1. The zero-order valence-electron chi connectivity index (χ0n) is 12.0. The predicted molar refractivity (Wildman–Crippen MR) is 88.6 cm³/mol. The molecule has 0 bridgehead atoms. The van der Waals surface area contributed by atoms with E-state index < -0.39 is 5.84 Å². The first kappa shape index (κ1) is 16.3. The summed E-state index contributed by atoms with van der Waals surface area (Å²) in [6.07, 6.45) is 3.40. The molecule has 0 amide bonds. The second-order valence-corrected chi connectivity index (χ2v) is 4.80. The number of nitrogens with zero attached hydrogens (tertiary/aromatic N) is 3. The maximum absolute atomic E-state index is 8.76. The van der Waals surface area contributed by atoms with Crippen molar-refractivity contribution in [3.63, 3.8) is 0 Å². The van der Waals surface area contributed by atoms with E-state index in [0.717, 1.165) is 5.56 Å². The van der Waals surface area contributed by atoms with Crippen LogP contribution >= 0.6 is 11.6 Å². The highest BCUT2D eigenvalue weighted by Crippen LogP contribution is 2.28. The molecule has 7 nitrogen and oxygen atoms in total. The zero-order chi connectivity index (χ0) is 16.7. The molecule has 0 saturated carbocycles. The number of hydrazone groups is 1. The summed E-state index contributed by atoms with van der Waals surface area (Å²) in [7, 11) is 0. The lowest BCUT2D eigenvalue weighted by Crippen LogP contribution is -2.21. The van der Waals surface area contributed by atoms with Crippen molar-refractivity contribution < 1.29 is 4.74 Å². The highest BCUT2D eigenvalue weighted by atomic mass is 35.5. The molecule has 0 aliphatic heterocycles. The van der Waals surface area contributed by atoms with Gasteiger partial charge in [-0.3, -0.25) is 15.8 Å².